The molecular formula is C11H14N2O4. The molecule has 1 aromatic heterocycles. The normalized spacial score (nSPS) is 9.65. The van der Waals surface area contributed by atoms with Gasteiger partial charge in [0, 0.05) is 6.54 Å². The molecule has 0 aliphatic carbocycles. The van der Waals surface area contributed by atoms with Crippen molar-refractivity contribution in [3.05, 3.63) is 36.8 Å². The highest BCUT2D eigenvalue weighted by atomic mass is 16.4. The van der Waals surface area contributed by atoms with Gasteiger partial charge >= 0.3 is 12.0 Å². The van der Waals surface area contributed by atoms with Crippen LogP contribution in [0.2, 0.25) is 0 Å². The van der Waals surface area contributed by atoms with Gasteiger partial charge in [-0.1, -0.05) is 6.08 Å². The monoisotopic (exact) mass is 238 g/mol. The number of amides is 2. The van der Waals surface area contributed by atoms with Gasteiger partial charge in [0.05, 0.1) is 12.8 Å². The summed E-state index contributed by atoms with van der Waals surface area (Å²) in [6, 6.07) is 2.96. The number of furan rings is 1. The number of rotatable bonds is 6. The highest BCUT2D eigenvalue weighted by Gasteiger charge is 2.14. The molecule has 17 heavy (non-hydrogen) atoms. The molecule has 0 saturated heterocycles. The number of nitrogens with zero attached hydrogens (tertiary/aromatic N) is 1. The van der Waals surface area contributed by atoms with Crippen LogP contribution in [0.25, 0.3) is 0 Å². The Kier molecular flexibility index (Phi) is 4.80. The van der Waals surface area contributed by atoms with Crippen molar-refractivity contribution >= 4 is 12.0 Å². The zero-order valence-electron chi connectivity index (χ0n) is 9.26. The lowest BCUT2D eigenvalue weighted by atomic mass is 10.4. The Bertz CT molecular complexity index is 386. The molecule has 0 unspecified atom stereocenters. The lowest BCUT2D eigenvalue weighted by molar-refractivity contribution is -0.137. The van der Waals surface area contributed by atoms with E-state index in [4.69, 9.17) is 9.52 Å². The van der Waals surface area contributed by atoms with Crippen LogP contribution in [0.3, 0.4) is 0 Å². The van der Waals surface area contributed by atoms with Gasteiger partial charge in [-0.15, -0.1) is 6.58 Å². The Morgan fingerprint density at radius 2 is 2.35 bits per heavy atom. The Labute approximate surface area is 98.5 Å². The second kappa shape index (κ2) is 6.37. The van der Waals surface area contributed by atoms with Crippen molar-refractivity contribution in [3.8, 4) is 0 Å². The molecule has 0 spiro atoms. The quantitative estimate of drug-likeness (QED) is 0.726. The molecule has 2 N–H and O–H groups in total. The molecule has 2 amide bonds. The minimum atomic E-state index is -1.07. The van der Waals surface area contributed by atoms with Gasteiger partial charge in [0.1, 0.15) is 12.3 Å². The maximum atomic E-state index is 11.6. The SMILES string of the molecule is C=CCN(CC(=O)O)C(=O)NCc1ccco1. The summed E-state index contributed by atoms with van der Waals surface area (Å²) in [5.74, 6) is -0.466. The zero-order chi connectivity index (χ0) is 12.7. The second-order valence-electron chi connectivity index (χ2n) is 3.30. The fourth-order valence-electron chi connectivity index (χ4n) is 1.23. The maximum Gasteiger partial charge on any atom is 0.323 e. The summed E-state index contributed by atoms with van der Waals surface area (Å²) in [4.78, 5) is 23.3. The number of aliphatic carboxylic acids is 1. The molecule has 92 valence electrons. The molecule has 0 bridgehead atoms. The summed E-state index contributed by atoms with van der Waals surface area (Å²) in [5, 5.41) is 11.2. The average molecular weight is 238 g/mol. The molecule has 0 atom stereocenters. The fourth-order valence-corrected chi connectivity index (χ4v) is 1.23. The predicted molar refractivity (Wildman–Crippen MR) is 60.3 cm³/mol. The van der Waals surface area contributed by atoms with E-state index in [-0.39, 0.29) is 19.6 Å². The van der Waals surface area contributed by atoms with Crippen LogP contribution in [0.5, 0.6) is 0 Å². The van der Waals surface area contributed by atoms with Crippen molar-refractivity contribution in [2.75, 3.05) is 13.1 Å². The van der Waals surface area contributed by atoms with E-state index in [2.05, 4.69) is 11.9 Å². The molecule has 0 saturated carbocycles. The molecule has 0 aliphatic rings. The first-order valence-corrected chi connectivity index (χ1v) is 5.01. The number of carboxylic acids is 1. The number of carbonyl (C=O) groups is 2. The molecule has 1 aromatic rings. The summed E-state index contributed by atoms with van der Waals surface area (Å²) in [6.45, 7) is 3.50. The molecule has 1 rings (SSSR count). The first-order chi connectivity index (χ1) is 8.13. The lowest BCUT2D eigenvalue weighted by Crippen LogP contribution is -2.42. The summed E-state index contributed by atoms with van der Waals surface area (Å²) in [7, 11) is 0. The van der Waals surface area contributed by atoms with Crippen LogP contribution in [-0.4, -0.2) is 35.1 Å². The molecule has 0 aromatic carbocycles. The van der Waals surface area contributed by atoms with Gasteiger partial charge in [-0.05, 0) is 12.1 Å². The molecule has 0 radical (unpaired) electrons. The number of hydrogen-bond acceptors (Lipinski definition) is 3. The van der Waals surface area contributed by atoms with Crippen LogP contribution < -0.4 is 5.32 Å². The highest BCUT2D eigenvalue weighted by molar-refractivity contribution is 5.80. The average Bonchev–Trinajstić information content (AvgIpc) is 2.77. The minimum absolute atomic E-state index is 0.177. The van der Waals surface area contributed by atoms with Crippen molar-refractivity contribution in [2.24, 2.45) is 0 Å². The van der Waals surface area contributed by atoms with Gasteiger partial charge in [0.15, 0.2) is 0 Å². The van der Waals surface area contributed by atoms with Crippen LogP contribution in [-0.2, 0) is 11.3 Å². The number of carbonyl (C=O) groups excluding carboxylic acids is 1. The van der Waals surface area contributed by atoms with Crippen molar-refractivity contribution in [1.82, 2.24) is 10.2 Å². The van der Waals surface area contributed by atoms with Gasteiger partial charge in [0.25, 0.3) is 0 Å². The van der Waals surface area contributed by atoms with Crippen LogP contribution >= 0.6 is 0 Å². The Morgan fingerprint density at radius 1 is 1.59 bits per heavy atom. The van der Waals surface area contributed by atoms with Crippen molar-refractivity contribution in [3.63, 3.8) is 0 Å². The first kappa shape index (κ1) is 12.8. The van der Waals surface area contributed by atoms with Crippen molar-refractivity contribution in [1.29, 1.82) is 0 Å². The molecule has 6 nitrogen and oxygen atoms in total. The van der Waals surface area contributed by atoms with Crippen LogP contribution in [0, 0.1) is 0 Å². The third-order valence-electron chi connectivity index (χ3n) is 1.96. The van der Waals surface area contributed by atoms with E-state index in [1.54, 1.807) is 12.1 Å². The van der Waals surface area contributed by atoms with Crippen LogP contribution in [0.1, 0.15) is 5.76 Å². The molecular weight excluding hydrogens is 224 g/mol. The third-order valence-corrected chi connectivity index (χ3v) is 1.96. The van der Waals surface area contributed by atoms with E-state index in [1.165, 1.54) is 12.3 Å². The zero-order valence-corrected chi connectivity index (χ0v) is 9.26. The molecule has 1 heterocycles. The molecule has 6 heteroatoms. The van der Waals surface area contributed by atoms with E-state index < -0.39 is 12.0 Å². The Hall–Kier alpha value is -2.24. The van der Waals surface area contributed by atoms with E-state index in [1.807, 2.05) is 0 Å². The maximum absolute atomic E-state index is 11.6. The smallest absolute Gasteiger partial charge is 0.323 e. The number of urea groups is 1. The van der Waals surface area contributed by atoms with Crippen molar-refractivity contribution in [2.45, 2.75) is 6.54 Å². The topological polar surface area (TPSA) is 82.8 Å². The second-order valence-corrected chi connectivity index (χ2v) is 3.30. The third kappa shape index (κ3) is 4.42. The first-order valence-electron chi connectivity index (χ1n) is 5.01. The summed E-state index contributed by atoms with van der Waals surface area (Å²) >= 11 is 0. The van der Waals surface area contributed by atoms with Crippen LogP contribution in [0.4, 0.5) is 4.79 Å². The number of nitrogens with one attached hydrogen (secondary N) is 1. The summed E-state index contributed by atoms with van der Waals surface area (Å²) < 4.78 is 5.03. The molecule has 0 fully saturated rings. The van der Waals surface area contributed by atoms with E-state index in [0.717, 1.165) is 4.90 Å². The largest absolute Gasteiger partial charge is 0.480 e. The Morgan fingerprint density at radius 3 is 2.88 bits per heavy atom. The van der Waals surface area contributed by atoms with E-state index >= 15 is 0 Å². The summed E-state index contributed by atoms with van der Waals surface area (Å²) in [6.07, 6.45) is 2.97. The van der Waals surface area contributed by atoms with Gasteiger partial charge in [-0.2, -0.15) is 0 Å². The summed E-state index contributed by atoms with van der Waals surface area (Å²) in [5.41, 5.74) is 0. The number of hydrogen-bond donors (Lipinski definition) is 2. The van der Waals surface area contributed by atoms with E-state index in [9.17, 15) is 9.59 Å². The number of carboxylic acid groups (broad SMARTS) is 1. The van der Waals surface area contributed by atoms with Gasteiger partial charge < -0.3 is 19.7 Å². The fraction of sp³-hybridized carbons (Fsp3) is 0.273. The van der Waals surface area contributed by atoms with Gasteiger partial charge in [-0.3, -0.25) is 4.79 Å². The van der Waals surface area contributed by atoms with Crippen LogP contribution in [0.15, 0.2) is 35.5 Å². The van der Waals surface area contributed by atoms with Gasteiger partial charge in [0.2, 0.25) is 0 Å². The lowest BCUT2D eigenvalue weighted by Gasteiger charge is -2.18. The minimum Gasteiger partial charge on any atom is -0.480 e. The predicted octanol–water partition coefficient (Wildman–Crippen LogP) is 1.06. The van der Waals surface area contributed by atoms with Crippen molar-refractivity contribution < 1.29 is 19.1 Å². The highest BCUT2D eigenvalue weighted by Crippen LogP contribution is 1.99. The standard InChI is InChI=1S/C11H14N2O4/c1-2-5-13(8-10(14)15)11(16)12-7-9-4-3-6-17-9/h2-4,6H,1,5,7-8H2,(H,12,16)(H,14,15). The Balaban J connectivity index is 2.46. The van der Waals surface area contributed by atoms with E-state index in [0.29, 0.717) is 5.76 Å². The van der Waals surface area contributed by atoms with Gasteiger partial charge in [-0.25, -0.2) is 4.79 Å². The molecule has 0 aliphatic heterocycles.